The van der Waals surface area contributed by atoms with Crippen LogP contribution in [0.15, 0.2) is 24.3 Å². The summed E-state index contributed by atoms with van der Waals surface area (Å²) < 4.78 is 0. The molecule has 1 aromatic carbocycles. The van der Waals surface area contributed by atoms with Gasteiger partial charge in [0.25, 0.3) is 0 Å². The van der Waals surface area contributed by atoms with E-state index in [1.807, 2.05) is 0 Å². The van der Waals surface area contributed by atoms with Gasteiger partial charge < -0.3 is 11.1 Å². The first-order valence-electron chi connectivity index (χ1n) is 6.63. The van der Waals surface area contributed by atoms with Crippen molar-refractivity contribution in [3.63, 3.8) is 0 Å². The summed E-state index contributed by atoms with van der Waals surface area (Å²) in [7, 11) is 0. The molecular formula is C15H26N2. The first-order chi connectivity index (χ1) is 8.13. The van der Waals surface area contributed by atoms with E-state index in [1.54, 1.807) is 0 Å². The van der Waals surface area contributed by atoms with Crippen LogP contribution in [0.5, 0.6) is 0 Å². The fourth-order valence-corrected chi connectivity index (χ4v) is 1.87. The van der Waals surface area contributed by atoms with Crippen molar-refractivity contribution in [3.8, 4) is 0 Å². The van der Waals surface area contributed by atoms with Crippen molar-refractivity contribution in [1.29, 1.82) is 0 Å². The first-order valence-corrected chi connectivity index (χ1v) is 6.63. The van der Waals surface area contributed by atoms with E-state index in [9.17, 15) is 0 Å². The van der Waals surface area contributed by atoms with Gasteiger partial charge in [0.05, 0.1) is 0 Å². The molecule has 0 aliphatic carbocycles. The van der Waals surface area contributed by atoms with Gasteiger partial charge in [-0.25, -0.2) is 0 Å². The Morgan fingerprint density at radius 2 is 1.76 bits per heavy atom. The average molecular weight is 234 g/mol. The normalized spacial score (nSPS) is 13.0. The van der Waals surface area contributed by atoms with Crippen LogP contribution in [-0.2, 0) is 6.54 Å². The molecule has 0 saturated carbocycles. The molecule has 1 rings (SSSR count). The second kappa shape index (κ2) is 7.46. The highest BCUT2D eigenvalue weighted by Crippen LogP contribution is 2.14. The molecule has 3 N–H and O–H groups in total. The molecule has 0 amide bonds. The zero-order valence-corrected chi connectivity index (χ0v) is 11.4. The maximum Gasteiger partial charge on any atom is 0.0205 e. The van der Waals surface area contributed by atoms with E-state index < -0.39 is 0 Å². The Morgan fingerprint density at radius 1 is 1.12 bits per heavy atom. The second-order valence-electron chi connectivity index (χ2n) is 5.21. The number of hydrogen-bond acceptors (Lipinski definition) is 2. The zero-order chi connectivity index (χ0) is 12.7. The molecule has 2 heteroatoms. The van der Waals surface area contributed by atoms with E-state index >= 15 is 0 Å². The molecule has 17 heavy (non-hydrogen) atoms. The van der Waals surface area contributed by atoms with Gasteiger partial charge in [-0.15, -0.1) is 0 Å². The second-order valence-corrected chi connectivity index (χ2v) is 5.21. The molecule has 96 valence electrons. The van der Waals surface area contributed by atoms with E-state index in [0.717, 1.165) is 26.1 Å². The minimum atomic E-state index is 0.613. The number of rotatable bonds is 7. The van der Waals surface area contributed by atoms with Gasteiger partial charge in [0, 0.05) is 6.54 Å². The van der Waals surface area contributed by atoms with Gasteiger partial charge in [0.2, 0.25) is 0 Å². The summed E-state index contributed by atoms with van der Waals surface area (Å²) in [4.78, 5) is 0. The van der Waals surface area contributed by atoms with Crippen molar-refractivity contribution in [1.82, 2.24) is 5.32 Å². The summed E-state index contributed by atoms with van der Waals surface area (Å²) in [5, 5.41) is 3.48. The van der Waals surface area contributed by atoms with Gasteiger partial charge >= 0.3 is 0 Å². The van der Waals surface area contributed by atoms with Crippen LogP contribution in [-0.4, -0.2) is 13.1 Å². The molecular weight excluding hydrogens is 208 g/mol. The predicted octanol–water partition coefficient (Wildman–Crippen LogP) is 2.88. The molecule has 0 aliphatic heterocycles. The molecule has 0 radical (unpaired) electrons. The topological polar surface area (TPSA) is 38.0 Å². The highest BCUT2D eigenvalue weighted by atomic mass is 14.9. The van der Waals surface area contributed by atoms with E-state index in [1.165, 1.54) is 11.1 Å². The monoisotopic (exact) mass is 234 g/mol. The van der Waals surface area contributed by atoms with E-state index in [2.05, 4.69) is 50.4 Å². The SMILES string of the molecule is CC(CCN)CNCc1ccc(C(C)C)cc1. The predicted molar refractivity (Wildman–Crippen MR) is 75.1 cm³/mol. The van der Waals surface area contributed by atoms with Crippen molar-refractivity contribution in [2.75, 3.05) is 13.1 Å². The molecule has 2 nitrogen and oxygen atoms in total. The zero-order valence-electron chi connectivity index (χ0n) is 11.4. The largest absolute Gasteiger partial charge is 0.330 e. The molecule has 0 heterocycles. The number of benzene rings is 1. The Hall–Kier alpha value is -0.860. The van der Waals surface area contributed by atoms with Crippen LogP contribution in [0, 0.1) is 5.92 Å². The first kappa shape index (κ1) is 14.2. The van der Waals surface area contributed by atoms with Crippen LogP contribution in [0.25, 0.3) is 0 Å². The Kier molecular flexibility index (Phi) is 6.23. The highest BCUT2D eigenvalue weighted by molar-refractivity contribution is 5.24. The van der Waals surface area contributed by atoms with Crippen LogP contribution >= 0.6 is 0 Å². The van der Waals surface area contributed by atoms with Gasteiger partial charge in [-0.2, -0.15) is 0 Å². The van der Waals surface area contributed by atoms with E-state index in [4.69, 9.17) is 5.73 Å². The molecule has 0 aromatic heterocycles. The third-order valence-corrected chi connectivity index (χ3v) is 3.13. The summed E-state index contributed by atoms with van der Waals surface area (Å²) in [6.07, 6.45) is 1.10. The summed E-state index contributed by atoms with van der Waals surface area (Å²) in [5.74, 6) is 1.27. The lowest BCUT2D eigenvalue weighted by atomic mass is 10.0. The van der Waals surface area contributed by atoms with Crippen molar-refractivity contribution < 1.29 is 0 Å². The summed E-state index contributed by atoms with van der Waals surface area (Å²) in [5.41, 5.74) is 8.29. The molecule has 0 saturated heterocycles. The van der Waals surface area contributed by atoms with Crippen molar-refractivity contribution in [2.24, 2.45) is 11.7 Å². The van der Waals surface area contributed by atoms with Gasteiger partial charge in [0.15, 0.2) is 0 Å². The van der Waals surface area contributed by atoms with Gasteiger partial charge in [-0.1, -0.05) is 45.0 Å². The number of nitrogens with two attached hydrogens (primary N) is 1. The lowest BCUT2D eigenvalue weighted by Crippen LogP contribution is -2.22. The van der Waals surface area contributed by atoms with Crippen LogP contribution < -0.4 is 11.1 Å². The van der Waals surface area contributed by atoms with Gasteiger partial charge in [0.1, 0.15) is 0 Å². The van der Waals surface area contributed by atoms with Gasteiger partial charge in [-0.05, 0) is 42.5 Å². The molecule has 1 aromatic rings. The Bertz CT molecular complexity index is 303. The number of nitrogens with one attached hydrogen (secondary N) is 1. The minimum absolute atomic E-state index is 0.613. The lowest BCUT2D eigenvalue weighted by molar-refractivity contribution is 0.486. The molecule has 1 atom stereocenters. The number of hydrogen-bond donors (Lipinski definition) is 2. The summed E-state index contributed by atoms with van der Waals surface area (Å²) in [6, 6.07) is 8.89. The Morgan fingerprint density at radius 3 is 2.29 bits per heavy atom. The smallest absolute Gasteiger partial charge is 0.0205 e. The van der Waals surface area contributed by atoms with E-state index in [0.29, 0.717) is 11.8 Å². The quantitative estimate of drug-likeness (QED) is 0.761. The average Bonchev–Trinajstić information content (AvgIpc) is 2.30. The fourth-order valence-electron chi connectivity index (χ4n) is 1.87. The molecule has 1 unspecified atom stereocenters. The summed E-state index contributed by atoms with van der Waals surface area (Å²) >= 11 is 0. The third kappa shape index (κ3) is 5.33. The molecule has 0 aliphatic rings. The van der Waals surface area contributed by atoms with Crippen molar-refractivity contribution in [3.05, 3.63) is 35.4 Å². The van der Waals surface area contributed by atoms with E-state index in [-0.39, 0.29) is 0 Å². The minimum Gasteiger partial charge on any atom is -0.330 e. The van der Waals surface area contributed by atoms with Crippen molar-refractivity contribution >= 4 is 0 Å². The third-order valence-electron chi connectivity index (χ3n) is 3.13. The maximum absolute atomic E-state index is 5.53. The Balaban J connectivity index is 2.32. The highest BCUT2D eigenvalue weighted by Gasteiger charge is 2.01. The van der Waals surface area contributed by atoms with Crippen LogP contribution in [0.2, 0.25) is 0 Å². The van der Waals surface area contributed by atoms with Crippen molar-refractivity contribution in [2.45, 2.75) is 39.7 Å². The molecule has 0 bridgehead atoms. The maximum atomic E-state index is 5.53. The van der Waals surface area contributed by atoms with Crippen LogP contribution in [0.4, 0.5) is 0 Å². The van der Waals surface area contributed by atoms with Crippen LogP contribution in [0.1, 0.15) is 44.2 Å². The molecule has 0 spiro atoms. The fraction of sp³-hybridized carbons (Fsp3) is 0.600. The molecule has 0 fully saturated rings. The van der Waals surface area contributed by atoms with Crippen LogP contribution in [0.3, 0.4) is 0 Å². The lowest BCUT2D eigenvalue weighted by Gasteiger charge is -2.12. The summed E-state index contributed by atoms with van der Waals surface area (Å²) in [6.45, 7) is 9.47. The Labute approximate surface area is 106 Å². The standard InChI is InChI=1S/C15H26N2/c1-12(2)15-6-4-14(5-7-15)11-17-10-13(3)8-9-16/h4-7,12-13,17H,8-11,16H2,1-3H3. The van der Waals surface area contributed by atoms with Gasteiger partial charge in [-0.3, -0.25) is 0 Å².